The molecule has 2 aliphatic rings. The van der Waals surface area contributed by atoms with Gasteiger partial charge in [0.25, 0.3) is 0 Å². The molecule has 0 saturated heterocycles. The van der Waals surface area contributed by atoms with Crippen LogP contribution in [-0.4, -0.2) is 9.13 Å². The minimum absolute atomic E-state index is 1.09. The van der Waals surface area contributed by atoms with E-state index in [-0.39, 0.29) is 0 Å². The van der Waals surface area contributed by atoms with Gasteiger partial charge in [0, 0.05) is 55.1 Å². The van der Waals surface area contributed by atoms with Gasteiger partial charge in [-0.05, 0) is 155 Å². The van der Waals surface area contributed by atoms with Crippen LogP contribution in [0, 0.1) is 0 Å². The summed E-state index contributed by atoms with van der Waals surface area (Å²) in [5, 5.41) is 11.9. The summed E-state index contributed by atoms with van der Waals surface area (Å²) in [7, 11) is 0. The van der Waals surface area contributed by atoms with Crippen molar-refractivity contribution in [3.05, 3.63) is 303 Å². The van der Waals surface area contributed by atoms with E-state index in [1.807, 2.05) is 0 Å². The molecule has 392 valence electrons. The molecule has 2 aromatic heterocycles. The third-order valence-corrected chi connectivity index (χ3v) is 17.6. The van der Waals surface area contributed by atoms with E-state index in [0.717, 1.165) is 101 Å². The fraction of sp³-hybridized carbons (Fsp3) is 0. The number of benzene rings is 14. The second-order valence-corrected chi connectivity index (χ2v) is 22.1. The van der Waals surface area contributed by atoms with Gasteiger partial charge in [-0.25, -0.2) is 0 Å². The van der Waals surface area contributed by atoms with Crippen LogP contribution >= 0.6 is 0 Å². The molecule has 16 aromatic rings. The van der Waals surface area contributed by atoms with Gasteiger partial charge < -0.3 is 28.7 Å². The zero-order valence-corrected chi connectivity index (χ0v) is 45.6. The highest BCUT2D eigenvalue weighted by molar-refractivity contribution is 6.21. The van der Waals surface area contributed by atoms with E-state index < -0.39 is 0 Å². The van der Waals surface area contributed by atoms with E-state index in [1.165, 1.54) is 54.1 Å². The molecule has 0 amide bonds. The molecule has 0 aliphatic carbocycles. The molecular weight excluding hydrogens is 1020 g/mol. The first-order valence-electron chi connectivity index (χ1n) is 28.8. The van der Waals surface area contributed by atoms with Crippen LogP contribution in [-0.2, 0) is 0 Å². The predicted octanol–water partition coefficient (Wildman–Crippen LogP) is 21.8. The Balaban J connectivity index is 0.913. The summed E-state index contributed by atoms with van der Waals surface area (Å²) in [6.07, 6.45) is 0. The molecular formula is C78H50N6. The second kappa shape index (κ2) is 18.1. The molecule has 84 heavy (non-hydrogen) atoms. The van der Waals surface area contributed by atoms with Gasteiger partial charge in [-0.15, -0.1) is 0 Å². The number of rotatable bonds is 6. The van der Waals surface area contributed by atoms with Crippen LogP contribution in [0.15, 0.2) is 303 Å². The van der Waals surface area contributed by atoms with E-state index in [9.17, 15) is 0 Å². The lowest BCUT2D eigenvalue weighted by atomic mass is 9.98. The lowest BCUT2D eigenvalue weighted by Crippen LogP contribution is -2.25. The van der Waals surface area contributed by atoms with Crippen molar-refractivity contribution < 1.29 is 0 Å². The highest BCUT2D eigenvalue weighted by atomic mass is 15.3. The maximum Gasteiger partial charge on any atom is 0.0724 e. The van der Waals surface area contributed by atoms with Crippen molar-refractivity contribution in [3.8, 4) is 11.4 Å². The molecule has 0 N–H and O–H groups in total. The fourth-order valence-corrected chi connectivity index (χ4v) is 14.0. The molecule has 14 aromatic carbocycles. The summed E-state index contributed by atoms with van der Waals surface area (Å²) < 4.78 is 4.93. The Morgan fingerprint density at radius 1 is 0.155 bits per heavy atom. The zero-order chi connectivity index (χ0) is 55.0. The van der Waals surface area contributed by atoms with Crippen molar-refractivity contribution in [1.82, 2.24) is 9.13 Å². The van der Waals surface area contributed by atoms with E-state index in [4.69, 9.17) is 0 Å². The smallest absolute Gasteiger partial charge is 0.0724 e. The third kappa shape index (κ3) is 6.79. The number of aromatic nitrogens is 2. The van der Waals surface area contributed by atoms with Crippen LogP contribution in [0.4, 0.5) is 68.2 Å². The maximum absolute atomic E-state index is 2.53. The minimum Gasteiger partial charge on any atom is -0.309 e. The minimum atomic E-state index is 1.09. The lowest BCUT2D eigenvalue weighted by molar-refractivity contribution is 1.16. The summed E-state index contributed by atoms with van der Waals surface area (Å²) in [5.74, 6) is 0. The highest BCUT2D eigenvalue weighted by Crippen LogP contribution is 2.60. The van der Waals surface area contributed by atoms with Crippen molar-refractivity contribution in [2.75, 3.05) is 19.6 Å². The normalized spacial score (nSPS) is 12.9. The monoisotopic (exact) mass is 1070 g/mol. The van der Waals surface area contributed by atoms with Gasteiger partial charge >= 0.3 is 0 Å². The van der Waals surface area contributed by atoms with Gasteiger partial charge in [-0.2, -0.15) is 0 Å². The molecule has 0 bridgehead atoms. The quantitative estimate of drug-likeness (QED) is 0.166. The van der Waals surface area contributed by atoms with Gasteiger partial charge in [-0.3, -0.25) is 0 Å². The van der Waals surface area contributed by atoms with Crippen LogP contribution in [0.2, 0.25) is 0 Å². The van der Waals surface area contributed by atoms with Gasteiger partial charge in [0.05, 0.1) is 78.9 Å². The Kier molecular flexibility index (Phi) is 9.99. The molecule has 2 aliphatic heterocycles. The summed E-state index contributed by atoms with van der Waals surface area (Å²) >= 11 is 0. The Labute approximate surface area is 485 Å². The first-order chi connectivity index (χ1) is 41.7. The van der Waals surface area contributed by atoms with Crippen molar-refractivity contribution in [2.45, 2.75) is 0 Å². The Hall–Kier alpha value is -11.3. The number of hydrogen-bond acceptors (Lipinski definition) is 4. The van der Waals surface area contributed by atoms with Crippen molar-refractivity contribution in [1.29, 1.82) is 0 Å². The molecule has 4 heterocycles. The molecule has 0 spiro atoms. The van der Waals surface area contributed by atoms with E-state index >= 15 is 0 Å². The van der Waals surface area contributed by atoms with E-state index in [2.05, 4.69) is 332 Å². The number of fused-ring (bicyclic) bond motifs is 13. The molecule has 18 rings (SSSR count). The zero-order valence-electron chi connectivity index (χ0n) is 45.6. The molecule has 0 saturated carbocycles. The molecule has 0 atom stereocenters. The number of anilines is 12. The van der Waals surface area contributed by atoms with Crippen LogP contribution in [0.3, 0.4) is 0 Å². The Morgan fingerprint density at radius 2 is 0.429 bits per heavy atom. The van der Waals surface area contributed by atoms with Crippen molar-refractivity contribution >= 4 is 144 Å². The third-order valence-electron chi connectivity index (χ3n) is 17.6. The molecule has 6 nitrogen and oxygen atoms in total. The average Bonchev–Trinajstić information content (AvgIpc) is 2.17. The second-order valence-electron chi connectivity index (χ2n) is 22.1. The number of hydrogen-bond donors (Lipinski definition) is 0. The van der Waals surface area contributed by atoms with Gasteiger partial charge in [0.2, 0.25) is 0 Å². The van der Waals surface area contributed by atoms with E-state index in [1.54, 1.807) is 0 Å². The van der Waals surface area contributed by atoms with Crippen LogP contribution in [0.5, 0.6) is 0 Å². The molecule has 0 radical (unpaired) electrons. The Bertz CT molecular complexity index is 5000. The van der Waals surface area contributed by atoms with Crippen LogP contribution in [0.25, 0.3) is 87.3 Å². The average molecular weight is 1070 g/mol. The standard InChI is InChI=1S/C78H50N6/c1-5-27-55(28-6-1)79-67-37-17-19-39-69(67)83(77-49-73-63(47-75(77)79)61-43-51-23-13-15-25-53(51)45-71(61)81(73)57-31-9-3-10-32-57)65-41-21-36-60-59(65)35-22-42-66(60)84-70-40-20-18-38-68(70)80(56-29-7-2-8-30-56)76-48-64-62-44-52-24-14-16-26-54(52)46-72(62)82(74(64)50-78(76)84)58-33-11-4-12-34-58/h1-50H. The number of para-hydroxylation sites is 8. The Morgan fingerprint density at radius 3 is 0.810 bits per heavy atom. The maximum atomic E-state index is 2.53. The van der Waals surface area contributed by atoms with Crippen molar-refractivity contribution in [3.63, 3.8) is 0 Å². The van der Waals surface area contributed by atoms with Gasteiger partial charge in [0.1, 0.15) is 0 Å². The fourth-order valence-electron chi connectivity index (χ4n) is 14.0. The van der Waals surface area contributed by atoms with Crippen LogP contribution < -0.4 is 19.6 Å². The molecule has 0 unspecified atom stereocenters. The van der Waals surface area contributed by atoms with Gasteiger partial charge in [0.15, 0.2) is 0 Å². The SMILES string of the molecule is c1ccc(N2c3ccccc3N(c3cccc4c(N5c6ccccc6N(c6ccccc6)c6cc7c8cc9ccccc9cc8n(-c8ccccc8)c7cc65)cccc34)c3cc4c(cc32)c2cc3ccccc3cc2n4-c2ccccc2)cc1. The summed E-state index contributed by atoms with van der Waals surface area (Å²) in [6, 6.07) is 112. The molecule has 0 fully saturated rings. The summed E-state index contributed by atoms with van der Waals surface area (Å²) in [4.78, 5) is 9.98. The first kappa shape index (κ1) is 46.4. The predicted molar refractivity (Wildman–Crippen MR) is 353 cm³/mol. The van der Waals surface area contributed by atoms with Crippen molar-refractivity contribution in [2.24, 2.45) is 0 Å². The van der Waals surface area contributed by atoms with E-state index in [0.29, 0.717) is 0 Å². The number of nitrogens with zero attached hydrogens (tertiary/aromatic N) is 6. The largest absolute Gasteiger partial charge is 0.309 e. The van der Waals surface area contributed by atoms with Gasteiger partial charge in [-0.1, -0.05) is 170 Å². The topological polar surface area (TPSA) is 22.8 Å². The first-order valence-corrected chi connectivity index (χ1v) is 28.8. The summed E-state index contributed by atoms with van der Waals surface area (Å²) in [6.45, 7) is 0. The summed E-state index contributed by atoms with van der Waals surface area (Å²) in [5.41, 5.74) is 20.0. The highest BCUT2D eigenvalue weighted by Gasteiger charge is 2.36. The molecule has 6 heteroatoms. The lowest BCUT2D eigenvalue weighted by Gasteiger charge is -2.42. The van der Waals surface area contributed by atoms with Crippen LogP contribution in [0.1, 0.15) is 0 Å².